The second kappa shape index (κ2) is 8.79. The summed E-state index contributed by atoms with van der Waals surface area (Å²) in [5.41, 5.74) is -1.79. The molecule has 0 fully saturated rings. The van der Waals surface area contributed by atoms with Crippen LogP contribution < -0.4 is 5.32 Å². The number of amides is 1. The number of carbonyl (C=O) groups excluding carboxylic acids is 1. The highest BCUT2D eigenvalue weighted by atomic mass is 19.4. The fourth-order valence-corrected chi connectivity index (χ4v) is 1.54. The lowest BCUT2D eigenvalue weighted by Gasteiger charge is -2.10. The predicted molar refractivity (Wildman–Crippen MR) is 90.0 cm³/mol. The fraction of sp³-hybridized carbons (Fsp3) is 0.250. The molecule has 0 saturated carbocycles. The van der Waals surface area contributed by atoms with Crippen molar-refractivity contribution in [2.24, 2.45) is 0 Å². The number of nitrogens with zero attached hydrogens (tertiary/aromatic N) is 3. The Morgan fingerprint density at radius 3 is 2.27 bits per heavy atom. The van der Waals surface area contributed by atoms with Gasteiger partial charge in [0, 0.05) is 33.3 Å². The molecule has 0 aliphatic rings. The van der Waals surface area contributed by atoms with Crippen LogP contribution in [0.2, 0.25) is 0 Å². The number of hydrogen-bond donors (Lipinski definition) is 1. The number of anilines is 2. The van der Waals surface area contributed by atoms with Crippen molar-refractivity contribution in [2.75, 3.05) is 19.4 Å². The van der Waals surface area contributed by atoms with Gasteiger partial charge in [-0.1, -0.05) is 6.07 Å². The van der Waals surface area contributed by atoms with Crippen LogP contribution in [-0.2, 0) is 11.0 Å². The maximum Gasteiger partial charge on any atom is 0.416 e. The van der Waals surface area contributed by atoms with Crippen LogP contribution in [0.25, 0.3) is 0 Å². The number of nitrogens with one attached hydrogen (secondary N) is 1. The lowest BCUT2D eigenvalue weighted by atomic mass is 10.1. The van der Waals surface area contributed by atoms with Crippen LogP contribution in [0.4, 0.5) is 30.4 Å². The fourth-order valence-electron chi connectivity index (χ4n) is 1.54. The van der Waals surface area contributed by atoms with E-state index in [4.69, 9.17) is 0 Å². The van der Waals surface area contributed by atoms with Crippen molar-refractivity contribution in [3.63, 3.8) is 0 Å². The van der Waals surface area contributed by atoms with Crippen LogP contribution in [-0.4, -0.2) is 34.8 Å². The molecule has 0 unspecified atom stereocenters. The monoisotopic (exact) mass is 370 g/mol. The number of nitro groups is 1. The van der Waals surface area contributed by atoms with Gasteiger partial charge in [0.15, 0.2) is 0 Å². The number of nitro benzene ring substituents is 1. The van der Waals surface area contributed by atoms with Crippen molar-refractivity contribution in [1.29, 1.82) is 0 Å². The Morgan fingerprint density at radius 1 is 1.23 bits per heavy atom. The molecule has 0 aliphatic carbocycles. The summed E-state index contributed by atoms with van der Waals surface area (Å²) in [5.74, 6) is 0.394. The number of alkyl halides is 3. The second-order valence-electron chi connectivity index (χ2n) is 5.24. The summed E-state index contributed by atoms with van der Waals surface area (Å²) in [4.78, 5) is 25.5. The van der Waals surface area contributed by atoms with Gasteiger partial charge >= 0.3 is 6.18 Å². The zero-order valence-electron chi connectivity index (χ0n) is 14.2. The van der Waals surface area contributed by atoms with Gasteiger partial charge in [-0.05, 0) is 24.3 Å². The summed E-state index contributed by atoms with van der Waals surface area (Å²) >= 11 is 0. The van der Waals surface area contributed by atoms with E-state index in [0.29, 0.717) is 11.9 Å². The largest absolute Gasteiger partial charge is 0.416 e. The SMILES string of the molecule is CC(=O)N(C)C.O=[N+]([O-])c1cc(C(F)(F)F)ccc1Nc1ccccn1. The summed E-state index contributed by atoms with van der Waals surface area (Å²) in [6.07, 6.45) is -3.17. The molecule has 0 atom stereocenters. The summed E-state index contributed by atoms with van der Waals surface area (Å²) < 4.78 is 37.6. The Morgan fingerprint density at radius 2 is 1.85 bits per heavy atom. The van der Waals surface area contributed by atoms with Crippen LogP contribution in [0.5, 0.6) is 0 Å². The van der Waals surface area contributed by atoms with Crippen molar-refractivity contribution in [1.82, 2.24) is 9.88 Å². The number of rotatable bonds is 3. The van der Waals surface area contributed by atoms with Gasteiger partial charge in [-0.25, -0.2) is 4.98 Å². The number of aromatic nitrogens is 1. The van der Waals surface area contributed by atoms with E-state index in [-0.39, 0.29) is 11.6 Å². The van der Waals surface area contributed by atoms with Crippen molar-refractivity contribution in [2.45, 2.75) is 13.1 Å². The predicted octanol–water partition coefficient (Wildman–Crippen LogP) is 3.85. The molecule has 1 heterocycles. The molecule has 7 nitrogen and oxygen atoms in total. The third-order valence-corrected chi connectivity index (χ3v) is 3.08. The van der Waals surface area contributed by atoms with Crippen LogP contribution in [0, 0.1) is 10.1 Å². The van der Waals surface area contributed by atoms with Crippen molar-refractivity contribution in [3.05, 3.63) is 58.3 Å². The maximum atomic E-state index is 12.5. The van der Waals surface area contributed by atoms with Crippen molar-refractivity contribution < 1.29 is 22.9 Å². The van der Waals surface area contributed by atoms with Crippen molar-refractivity contribution in [3.8, 4) is 0 Å². The molecule has 1 amide bonds. The molecular weight excluding hydrogens is 353 g/mol. The summed E-state index contributed by atoms with van der Waals surface area (Å²) in [6.45, 7) is 1.53. The summed E-state index contributed by atoms with van der Waals surface area (Å²) in [7, 11) is 3.45. The topological polar surface area (TPSA) is 88.4 Å². The van der Waals surface area contributed by atoms with Crippen LogP contribution in [0.15, 0.2) is 42.6 Å². The average Bonchev–Trinajstić information content (AvgIpc) is 2.55. The van der Waals surface area contributed by atoms with Crippen LogP contribution >= 0.6 is 0 Å². The maximum absolute atomic E-state index is 12.5. The molecule has 0 spiro atoms. The highest BCUT2D eigenvalue weighted by molar-refractivity contribution is 5.72. The van der Waals surface area contributed by atoms with E-state index >= 15 is 0 Å². The van der Waals surface area contributed by atoms with E-state index in [1.165, 1.54) is 18.0 Å². The first kappa shape index (κ1) is 20.9. The molecule has 1 aromatic heterocycles. The lowest BCUT2D eigenvalue weighted by molar-refractivity contribution is -0.384. The first-order valence-corrected chi connectivity index (χ1v) is 7.24. The van der Waals surface area contributed by atoms with Crippen LogP contribution in [0.3, 0.4) is 0 Å². The van der Waals surface area contributed by atoms with E-state index in [1.807, 2.05) is 0 Å². The van der Waals surface area contributed by atoms with Crippen molar-refractivity contribution >= 4 is 23.1 Å². The highest BCUT2D eigenvalue weighted by Gasteiger charge is 2.33. The molecule has 0 saturated heterocycles. The van der Waals surface area contributed by atoms with Gasteiger partial charge in [0.25, 0.3) is 5.69 Å². The number of benzene rings is 1. The standard InChI is InChI=1S/C12H8F3N3O2.C4H9NO/c13-12(14,15)8-4-5-9(10(7-8)18(19)20)17-11-3-1-2-6-16-11;1-4(6)5(2)3/h1-7H,(H,16,17);1-3H3. The quantitative estimate of drug-likeness (QED) is 0.655. The number of halogens is 3. The third-order valence-electron chi connectivity index (χ3n) is 3.08. The first-order chi connectivity index (χ1) is 12.0. The molecule has 2 aromatic rings. The Balaban J connectivity index is 0.000000487. The van der Waals surface area contributed by atoms with E-state index < -0.39 is 22.4 Å². The normalized spacial score (nSPS) is 10.4. The molecule has 2 rings (SSSR count). The molecule has 26 heavy (non-hydrogen) atoms. The molecule has 0 bridgehead atoms. The zero-order valence-corrected chi connectivity index (χ0v) is 14.2. The zero-order chi connectivity index (χ0) is 19.9. The number of hydrogen-bond acceptors (Lipinski definition) is 5. The molecule has 1 N–H and O–H groups in total. The highest BCUT2D eigenvalue weighted by Crippen LogP contribution is 2.35. The lowest BCUT2D eigenvalue weighted by Crippen LogP contribution is -2.17. The van der Waals surface area contributed by atoms with Gasteiger partial charge in [0.05, 0.1) is 10.5 Å². The molecule has 10 heteroatoms. The van der Waals surface area contributed by atoms with Gasteiger partial charge < -0.3 is 10.2 Å². The van der Waals surface area contributed by atoms with Gasteiger partial charge in [-0.15, -0.1) is 0 Å². The Kier molecular flexibility index (Phi) is 7.06. The summed E-state index contributed by atoms with van der Waals surface area (Å²) in [6, 6.07) is 7.11. The number of pyridine rings is 1. The van der Waals surface area contributed by atoms with E-state index in [2.05, 4.69) is 10.3 Å². The molecular formula is C16H17F3N4O3. The van der Waals surface area contributed by atoms with Gasteiger partial charge in [-0.3, -0.25) is 14.9 Å². The van der Waals surface area contributed by atoms with E-state index in [0.717, 1.165) is 12.1 Å². The Hall–Kier alpha value is -3.17. The van der Waals surface area contributed by atoms with Crippen LogP contribution in [0.1, 0.15) is 12.5 Å². The third kappa shape index (κ3) is 6.38. The molecule has 140 valence electrons. The van der Waals surface area contributed by atoms with Gasteiger partial charge in [0.2, 0.25) is 5.91 Å². The minimum absolute atomic E-state index is 0.0540. The van der Waals surface area contributed by atoms with Gasteiger partial charge in [0.1, 0.15) is 11.5 Å². The Labute approximate surface area is 147 Å². The Bertz CT molecular complexity index is 765. The average molecular weight is 370 g/mol. The minimum atomic E-state index is -4.63. The minimum Gasteiger partial charge on any atom is -0.349 e. The van der Waals surface area contributed by atoms with Gasteiger partial charge in [-0.2, -0.15) is 13.2 Å². The molecule has 0 aliphatic heterocycles. The second-order valence-corrected chi connectivity index (χ2v) is 5.24. The van der Waals surface area contributed by atoms with E-state index in [1.54, 1.807) is 32.3 Å². The first-order valence-electron chi connectivity index (χ1n) is 7.24. The van der Waals surface area contributed by atoms with E-state index in [9.17, 15) is 28.1 Å². The number of carbonyl (C=O) groups is 1. The molecule has 0 radical (unpaired) electrons. The summed E-state index contributed by atoms with van der Waals surface area (Å²) in [5, 5.41) is 13.5. The smallest absolute Gasteiger partial charge is 0.349 e. The molecule has 1 aromatic carbocycles.